The predicted molar refractivity (Wildman–Crippen MR) is 64.6 cm³/mol. The van der Waals surface area contributed by atoms with Crippen molar-refractivity contribution in [3.8, 4) is 0 Å². The Morgan fingerprint density at radius 3 is 2.53 bits per heavy atom. The summed E-state index contributed by atoms with van der Waals surface area (Å²) >= 11 is 0. The molecule has 0 radical (unpaired) electrons. The van der Waals surface area contributed by atoms with E-state index in [4.69, 9.17) is 5.11 Å². The molecule has 0 aromatic heterocycles. The number of carbonyl (C=O) groups is 2. The first-order valence-corrected chi connectivity index (χ1v) is 6.20. The molecule has 1 rings (SSSR count). The standard InChI is InChI=1S/C12H22N2O3/c1-4-13-10-5-9(12(16)17)6-14(7-10)11(15)8(2)3/h8-10,13H,4-7H2,1-3H3,(H,16,17). The molecule has 1 aliphatic heterocycles. The molecule has 1 heterocycles. The van der Waals surface area contributed by atoms with Crippen LogP contribution in [0.25, 0.3) is 0 Å². The van der Waals surface area contributed by atoms with Gasteiger partial charge in [-0.2, -0.15) is 0 Å². The number of nitrogens with zero attached hydrogens (tertiary/aromatic N) is 1. The molecule has 1 amide bonds. The molecule has 2 unspecified atom stereocenters. The molecule has 1 aliphatic rings. The Kier molecular flexibility index (Phi) is 4.93. The number of carboxylic acid groups (broad SMARTS) is 1. The first-order chi connectivity index (χ1) is 7.95. The molecule has 5 heteroatoms. The first kappa shape index (κ1) is 14.0. The summed E-state index contributed by atoms with van der Waals surface area (Å²) < 4.78 is 0. The molecule has 0 bridgehead atoms. The zero-order valence-corrected chi connectivity index (χ0v) is 10.8. The van der Waals surface area contributed by atoms with Gasteiger partial charge in [-0.05, 0) is 13.0 Å². The van der Waals surface area contributed by atoms with E-state index >= 15 is 0 Å². The van der Waals surface area contributed by atoms with Crippen molar-refractivity contribution in [2.45, 2.75) is 33.2 Å². The van der Waals surface area contributed by atoms with E-state index in [9.17, 15) is 9.59 Å². The highest BCUT2D eigenvalue weighted by Crippen LogP contribution is 2.19. The number of rotatable bonds is 4. The average Bonchev–Trinajstić information content (AvgIpc) is 2.27. The van der Waals surface area contributed by atoms with Crippen molar-refractivity contribution in [2.24, 2.45) is 11.8 Å². The van der Waals surface area contributed by atoms with Crippen LogP contribution in [0.3, 0.4) is 0 Å². The van der Waals surface area contributed by atoms with E-state index in [0.29, 0.717) is 19.5 Å². The second-order valence-corrected chi connectivity index (χ2v) is 4.92. The maximum Gasteiger partial charge on any atom is 0.308 e. The number of piperidine rings is 1. The number of amides is 1. The van der Waals surface area contributed by atoms with Gasteiger partial charge in [0.05, 0.1) is 5.92 Å². The highest BCUT2D eigenvalue weighted by Gasteiger charge is 2.33. The summed E-state index contributed by atoms with van der Waals surface area (Å²) in [6, 6.07) is 0.0950. The Balaban J connectivity index is 2.71. The number of aliphatic carboxylic acids is 1. The summed E-state index contributed by atoms with van der Waals surface area (Å²) in [4.78, 5) is 24.7. The summed E-state index contributed by atoms with van der Waals surface area (Å²) in [6.45, 7) is 7.42. The Bertz CT molecular complexity index is 291. The first-order valence-electron chi connectivity index (χ1n) is 6.20. The van der Waals surface area contributed by atoms with Crippen molar-refractivity contribution in [3.05, 3.63) is 0 Å². The molecule has 2 N–H and O–H groups in total. The van der Waals surface area contributed by atoms with Crippen LogP contribution in [0.4, 0.5) is 0 Å². The van der Waals surface area contributed by atoms with Crippen LogP contribution in [-0.4, -0.2) is 47.6 Å². The number of hydrogen-bond acceptors (Lipinski definition) is 3. The van der Waals surface area contributed by atoms with Crippen LogP contribution in [0.15, 0.2) is 0 Å². The number of hydrogen-bond donors (Lipinski definition) is 2. The largest absolute Gasteiger partial charge is 0.481 e. The highest BCUT2D eigenvalue weighted by molar-refractivity contribution is 5.79. The van der Waals surface area contributed by atoms with E-state index in [0.717, 1.165) is 6.54 Å². The summed E-state index contributed by atoms with van der Waals surface area (Å²) in [7, 11) is 0. The zero-order valence-electron chi connectivity index (χ0n) is 10.8. The van der Waals surface area contributed by atoms with E-state index in [-0.39, 0.29) is 17.9 Å². The molecular formula is C12H22N2O3. The molecule has 98 valence electrons. The van der Waals surface area contributed by atoms with Crippen LogP contribution in [0.1, 0.15) is 27.2 Å². The fourth-order valence-corrected chi connectivity index (χ4v) is 2.26. The predicted octanol–water partition coefficient (Wildman–Crippen LogP) is 0.554. The van der Waals surface area contributed by atoms with Gasteiger partial charge in [0.2, 0.25) is 5.91 Å². The van der Waals surface area contributed by atoms with Gasteiger partial charge >= 0.3 is 5.97 Å². The van der Waals surface area contributed by atoms with Crippen LogP contribution in [0.5, 0.6) is 0 Å². The van der Waals surface area contributed by atoms with Crippen molar-refractivity contribution in [3.63, 3.8) is 0 Å². The van der Waals surface area contributed by atoms with Crippen LogP contribution >= 0.6 is 0 Å². The second kappa shape index (κ2) is 6.00. The number of carboxylic acids is 1. The summed E-state index contributed by atoms with van der Waals surface area (Å²) in [6.07, 6.45) is 0.602. The van der Waals surface area contributed by atoms with Crippen LogP contribution in [0.2, 0.25) is 0 Å². The molecule has 1 fully saturated rings. The van der Waals surface area contributed by atoms with Gasteiger partial charge in [-0.1, -0.05) is 20.8 Å². The quantitative estimate of drug-likeness (QED) is 0.755. The van der Waals surface area contributed by atoms with Gasteiger partial charge in [0.25, 0.3) is 0 Å². The third kappa shape index (κ3) is 3.70. The van der Waals surface area contributed by atoms with Gasteiger partial charge < -0.3 is 15.3 Å². The molecule has 17 heavy (non-hydrogen) atoms. The third-order valence-electron chi connectivity index (χ3n) is 3.10. The Morgan fingerprint density at radius 2 is 2.06 bits per heavy atom. The van der Waals surface area contributed by atoms with Crippen molar-refractivity contribution in [1.29, 1.82) is 0 Å². The van der Waals surface area contributed by atoms with Crippen molar-refractivity contribution >= 4 is 11.9 Å². The van der Waals surface area contributed by atoms with Gasteiger partial charge in [0.15, 0.2) is 0 Å². The number of carbonyl (C=O) groups excluding carboxylic acids is 1. The molecule has 0 aromatic rings. The number of likely N-dealkylation sites (N-methyl/N-ethyl adjacent to an activating group) is 1. The molecule has 0 aromatic carbocycles. The number of nitrogens with one attached hydrogen (secondary N) is 1. The molecule has 5 nitrogen and oxygen atoms in total. The van der Waals surface area contributed by atoms with E-state index in [1.807, 2.05) is 20.8 Å². The van der Waals surface area contributed by atoms with Gasteiger partial charge in [0.1, 0.15) is 0 Å². The van der Waals surface area contributed by atoms with E-state index in [1.165, 1.54) is 0 Å². The van der Waals surface area contributed by atoms with Crippen LogP contribution in [-0.2, 0) is 9.59 Å². The summed E-state index contributed by atoms with van der Waals surface area (Å²) in [5.41, 5.74) is 0. The third-order valence-corrected chi connectivity index (χ3v) is 3.10. The lowest BCUT2D eigenvalue weighted by Crippen LogP contribution is -2.53. The molecule has 1 saturated heterocycles. The molecular weight excluding hydrogens is 220 g/mol. The topological polar surface area (TPSA) is 69.6 Å². The minimum atomic E-state index is -0.811. The molecule has 0 saturated carbocycles. The zero-order chi connectivity index (χ0) is 13.0. The molecule has 0 spiro atoms. The van der Waals surface area contributed by atoms with Crippen molar-refractivity contribution in [1.82, 2.24) is 10.2 Å². The maximum absolute atomic E-state index is 11.9. The van der Waals surface area contributed by atoms with Gasteiger partial charge in [-0.3, -0.25) is 9.59 Å². The van der Waals surface area contributed by atoms with E-state index in [1.54, 1.807) is 4.90 Å². The Morgan fingerprint density at radius 1 is 1.41 bits per heavy atom. The van der Waals surface area contributed by atoms with Crippen LogP contribution in [0, 0.1) is 11.8 Å². The fourth-order valence-electron chi connectivity index (χ4n) is 2.26. The summed E-state index contributed by atoms with van der Waals surface area (Å²) in [5.74, 6) is -1.30. The van der Waals surface area contributed by atoms with Gasteiger partial charge in [0, 0.05) is 25.0 Å². The maximum atomic E-state index is 11.9. The fraction of sp³-hybridized carbons (Fsp3) is 0.833. The van der Waals surface area contributed by atoms with Crippen molar-refractivity contribution in [2.75, 3.05) is 19.6 Å². The Hall–Kier alpha value is -1.10. The lowest BCUT2D eigenvalue weighted by atomic mass is 9.93. The minimum Gasteiger partial charge on any atom is -0.481 e. The minimum absolute atomic E-state index is 0.0406. The monoisotopic (exact) mass is 242 g/mol. The van der Waals surface area contributed by atoms with Gasteiger partial charge in [-0.15, -0.1) is 0 Å². The molecule has 2 atom stereocenters. The second-order valence-electron chi connectivity index (χ2n) is 4.92. The smallest absolute Gasteiger partial charge is 0.308 e. The number of likely N-dealkylation sites (tertiary alicyclic amines) is 1. The van der Waals surface area contributed by atoms with Crippen molar-refractivity contribution < 1.29 is 14.7 Å². The SMILES string of the molecule is CCNC1CC(C(=O)O)CN(C(=O)C(C)C)C1. The Labute approximate surface area is 102 Å². The van der Waals surface area contributed by atoms with E-state index in [2.05, 4.69) is 5.32 Å². The lowest BCUT2D eigenvalue weighted by molar-refractivity contribution is -0.147. The van der Waals surface area contributed by atoms with Crippen LogP contribution < -0.4 is 5.32 Å². The normalized spacial score (nSPS) is 25.1. The van der Waals surface area contributed by atoms with E-state index < -0.39 is 11.9 Å². The lowest BCUT2D eigenvalue weighted by Gasteiger charge is -2.37. The van der Waals surface area contributed by atoms with Gasteiger partial charge in [-0.25, -0.2) is 0 Å². The highest BCUT2D eigenvalue weighted by atomic mass is 16.4. The molecule has 0 aliphatic carbocycles. The average molecular weight is 242 g/mol. The summed E-state index contributed by atoms with van der Waals surface area (Å²) in [5, 5.41) is 12.3.